The zero-order valence-electron chi connectivity index (χ0n) is 15.9. The highest BCUT2D eigenvalue weighted by atomic mass is 16.5. The van der Waals surface area contributed by atoms with Gasteiger partial charge in [0.25, 0.3) is 11.8 Å². The van der Waals surface area contributed by atoms with Crippen LogP contribution in [0.1, 0.15) is 15.9 Å². The first-order valence-electron chi connectivity index (χ1n) is 9.05. The molecule has 3 aromatic carbocycles. The Kier molecular flexibility index (Phi) is 6.73. The van der Waals surface area contributed by atoms with Crippen molar-refractivity contribution in [2.75, 3.05) is 13.2 Å². The lowest BCUT2D eigenvalue weighted by Crippen LogP contribution is -2.37. The van der Waals surface area contributed by atoms with E-state index in [9.17, 15) is 14.4 Å². The van der Waals surface area contributed by atoms with Gasteiger partial charge in [-0.15, -0.1) is 0 Å². The summed E-state index contributed by atoms with van der Waals surface area (Å²) in [5.41, 5.74) is 3.05. The molecule has 0 atom stereocenters. The number of carboxylic acid groups (broad SMARTS) is 1. The maximum absolute atomic E-state index is 11.9. The number of carboxylic acids is 1. The van der Waals surface area contributed by atoms with Crippen LogP contribution in [0.2, 0.25) is 0 Å². The summed E-state index contributed by atoms with van der Waals surface area (Å²) in [5.74, 6) is -1.40. The van der Waals surface area contributed by atoms with Gasteiger partial charge in [0, 0.05) is 0 Å². The summed E-state index contributed by atoms with van der Waals surface area (Å²) < 4.78 is 5.46. The Bertz CT molecular complexity index is 1090. The molecule has 8 nitrogen and oxygen atoms in total. The third kappa shape index (κ3) is 5.90. The van der Waals surface area contributed by atoms with Gasteiger partial charge in [0.15, 0.2) is 6.61 Å². The third-order valence-electron chi connectivity index (χ3n) is 4.10. The maximum Gasteiger partial charge on any atom is 0.335 e. The van der Waals surface area contributed by atoms with E-state index < -0.39 is 17.8 Å². The van der Waals surface area contributed by atoms with Crippen LogP contribution in [0.5, 0.6) is 5.75 Å². The highest BCUT2D eigenvalue weighted by molar-refractivity contribution is 5.90. The predicted molar refractivity (Wildman–Crippen MR) is 112 cm³/mol. The lowest BCUT2D eigenvalue weighted by Gasteiger charge is -2.08. The minimum absolute atomic E-state index is 0.157. The van der Waals surface area contributed by atoms with E-state index in [1.165, 1.54) is 18.3 Å². The van der Waals surface area contributed by atoms with Crippen molar-refractivity contribution < 1.29 is 24.2 Å². The first-order valence-corrected chi connectivity index (χ1v) is 9.05. The zero-order chi connectivity index (χ0) is 21.3. The van der Waals surface area contributed by atoms with Crippen molar-refractivity contribution in [3.63, 3.8) is 0 Å². The molecule has 3 N–H and O–H groups in total. The summed E-state index contributed by atoms with van der Waals surface area (Å²) in [6.07, 6.45) is 1.37. The SMILES string of the molecule is O=C(COc1ccc2ccccc2c1)NCC(=O)N/N=C\c1ccc(C(=O)O)cc1. The average Bonchev–Trinajstić information content (AvgIpc) is 2.76. The smallest absolute Gasteiger partial charge is 0.335 e. The van der Waals surface area contributed by atoms with Gasteiger partial charge in [-0.3, -0.25) is 9.59 Å². The second-order valence-electron chi connectivity index (χ2n) is 6.29. The molecule has 2 amide bonds. The summed E-state index contributed by atoms with van der Waals surface area (Å²) in [4.78, 5) is 34.4. The molecule has 0 saturated carbocycles. The maximum atomic E-state index is 11.9. The number of benzene rings is 3. The van der Waals surface area contributed by atoms with Crippen LogP contribution in [0.15, 0.2) is 71.8 Å². The molecular weight excluding hydrogens is 386 g/mol. The second-order valence-corrected chi connectivity index (χ2v) is 6.29. The molecule has 0 aliphatic carbocycles. The van der Waals surface area contributed by atoms with Crippen molar-refractivity contribution in [2.24, 2.45) is 5.10 Å². The van der Waals surface area contributed by atoms with Gasteiger partial charge in [-0.1, -0.05) is 42.5 Å². The van der Waals surface area contributed by atoms with Crippen LogP contribution < -0.4 is 15.5 Å². The molecule has 0 aliphatic rings. The number of nitrogens with zero attached hydrogens (tertiary/aromatic N) is 1. The van der Waals surface area contributed by atoms with Crippen LogP contribution in [-0.4, -0.2) is 42.3 Å². The molecule has 3 aromatic rings. The molecule has 0 aromatic heterocycles. The second kappa shape index (κ2) is 9.83. The number of hydrogen-bond donors (Lipinski definition) is 3. The Balaban J connectivity index is 1.39. The fourth-order valence-electron chi connectivity index (χ4n) is 2.57. The Morgan fingerprint density at radius 3 is 2.40 bits per heavy atom. The predicted octanol–water partition coefficient (Wildman–Crippen LogP) is 2.18. The fraction of sp³-hybridized carbons (Fsp3) is 0.0909. The lowest BCUT2D eigenvalue weighted by molar-refractivity contribution is -0.127. The van der Waals surface area contributed by atoms with Gasteiger partial charge in [0.1, 0.15) is 5.75 Å². The summed E-state index contributed by atoms with van der Waals surface area (Å²) in [5, 5.41) is 17.1. The quantitative estimate of drug-likeness (QED) is 0.392. The van der Waals surface area contributed by atoms with Crippen molar-refractivity contribution in [1.82, 2.24) is 10.7 Å². The molecule has 0 spiro atoms. The number of hydrazone groups is 1. The van der Waals surface area contributed by atoms with Crippen LogP contribution in [0.3, 0.4) is 0 Å². The molecule has 0 saturated heterocycles. The van der Waals surface area contributed by atoms with E-state index in [1.807, 2.05) is 36.4 Å². The minimum atomic E-state index is -1.02. The van der Waals surface area contributed by atoms with E-state index in [0.717, 1.165) is 10.8 Å². The first-order chi connectivity index (χ1) is 14.5. The molecule has 0 radical (unpaired) electrons. The molecule has 0 bridgehead atoms. The van der Waals surface area contributed by atoms with Gasteiger partial charge in [-0.05, 0) is 40.6 Å². The highest BCUT2D eigenvalue weighted by Crippen LogP contribution is 2.20. The van der Waals surface area contributed by atoms with Crippen molar-refractivity contribution in [2.45, 2.75) is 0 Å². The monoisotopic (exact) mass is 405 g/mol. The molecule has 0 fully saturated rings. The molecule has 152 valence electrons. The van der Waals surface area contributed by atoms with Crippen LogP contribution in [0, 0.1) is 0 Å². The largest absolute Gasteiger partial charge is 0.484 e. The molecule has 0 unspecified atom stereocenters. The Labute approximate surface area is 172 Å². The van der Waals surface area contributed by atoms with Crippen molar-refractivity contribution >= 4 is 34.8 Å². The van der Waals surface area contributed by atoms with Crippen molar-refractivity contribution in [1.29, 1.82) is 0 Å². The molecule has 0 heterocycles. The van der Waals surface area contributed by atoms with E-state index >= 15 is 0 Å². The highest BCUT2D eigenvalue weighted by Gasteiger charge is 2.06. The number of carbonyl (C=O) groups is 3. The summed E-state index contributed by atoms with van der Waals surface area (Å²) >= 11 is 0. The first kappa shape index (κ1) is 20.5. The summed E-state index contributed by atoms with van der Waals surface area (Å²) in [6.45, 7) is -0.472. The number of nitrogens with one attached hydrogen (secondary N) is 2. The normalized spacial score (nSPS) is 10.7. The number of rotatable bonds is 8. The Morgan fingerprint density at radius 1 is 0.933 bits per heavy atom. The molecule has 8 heteroatoms. The molecule has 0 aliphatic heterocycles. The Hall–Kier alpha value is -4.20. The minimum Gasteiger partial charge on any atom is -0.484 e. The van der Waals surface area contributed by atoms with Crippen LogP contribution >= 0.6 is 0 Å². The fourth-order valence-corrected chi connectivity index (χ4v) is 2.57. The summed E-state index contributed by atoms with van der Waals surface area (Å²) in [6, 6.07) is 19.3. The number of aromatic carboxylic acids is 1. The average molecular weight is 405 g/mol. The van der Waals surface area contributed by atoms with E-state index in [0.29, 0.717) is 11.3 Å². The summed E-state index contributed by atoms with van der Waals surface area (Å²) in [7, 11) is 0. The topological polar surface area (TPSA) is 117 Å². The van der Waals surface area contributed by atoms with Crippen LogP contribution in [-0.2, 0) is 9.59 Å². The number of carbonyl (C=O) groups excluding carboxylic acids is 2. The van der Waals surface area contributed by atoms with E-state index in [4.69, 9.17) is 9.84 Å². The molecule has 3 rings (SSSR count). The molecular formula is C22H19N3O5. The van der Waals surface area contributed by atoms with E-state index in [1.54, 1.807) is 18.2 Å². The zero-order valence-corrected chi connectivity index (χ0v) is 15.9. The van der Waals surface area contributed by atoms with Gasteiger partial charge >= 0.3 is 5.97 Å². The van der Waals surface area contributed by atoms with Crippen LogP contribution in [0.4, 0.5) is 0 Å². The van der Waals surface area contributed by atoms with Gasteiger partial charge < -0.3 is 15.2 Å². The number of ether oxygens (including phenoxy) is 1. The van der Waals surface area contributed by atoms with E-state index in [-0.39, 0.29) is 18.7 Å². The van der Waals surface area contributed by atoms with Gasteiger partial charge in [0.05, 0.1) is 18.3 Å². The lowest BCUT2D eigenvalue weighted by atomic mass is 10.1. The number of fused-ring (bicyclic) bond motifs is 1. The van der Waals surface area contributed by atoms with Crippen molar-refractivity contribution in [3.05, 3.63) is 77.9 Å². The molecule has 30 heavy (non-hydrogen) atoms. The van der Waals surface area contributed by atoms with Crippen molar-refractivity contribution in [3.8, 4) is 5.75 Å². The number of amides is 2. The van der Waals surface area contributed by atoms with Gasteiger partial charge in [0.2, 0.25) is 0 Å². The van der Waals surface area contributed by atoms with Gasteiger partial charge in [-0.2, -0.15) is 5.10 Å². The van der Waals surface area contributed by atoms with Gasteiger partial charge in [-0.25, -0.2) is 10.2 Å². The van der Waals surface area contributed by atoms with Crippen LogP contribution in [0.25, 0.3) is 10.8 Å². The third-order valence-corrected chi connectivity index (χ3v) is 4.10. The number of hydrogen-bond acceptors (Lipinski definition) is 5. The Morgan fingerprint density at radius 2 is 1.67 bits per heavy atom. The standard InChI is InChI=1S/C22H19N3O5/c26-20(25-24-12-15-5-7-17(8-6-15)22(28)29)13-23-21(27)14-30-19-10-9-16-3-1-2-4-18(16)11-19/h1-12H,13-14H2,(H,23,27)(H,25,26)(H,28,29)/b24-12-. The van der Waals surface area contributed by atoms with E-state index in [2.05, 4.69) is 15.8 Å².